The van der Waals surface area contributed by atoms with Crippen LogP contribution in [0.3, 0.4) is 0 Å². The molecule has 0 fully saturated rings. The summed E-state index contributed by atoms with van der Waals surface area (Å²) >= 11 is 0. The summed E-state index contributed by atoms with van der Waals surface area (Å²) in [6.07, 6.45) is 3.72. The van der Waals surface area contributed by atoms with Gasteiger partial charge in [0.1, 0.15) is 5.58 Å². The second kappa shape index (κ2) is 6.41. The largest absolute Gasteiger partial charge is 0.422 e. The average molecular weight is 325 g/mol. The molecule has 0 radical (unpaired) electrons. The van der Waals surface area contributed by atoms with Crippen molar-refractivity contribution in [3.63, 3.8) is 0 Å². The number of aromatic nitrogens is 1. The summed E-state index contributed by atoms with van der Waals surface area (Å²) in [6.45, 7) is 4.02. The monoisotopic (exact) mass is 325 g/mol. The van der Waals surface area contributed by atoms with E-state index in [1.807, 2.05) is 19.9 Å². The first-order valence-corrected chi connectivity index (χ1v) is 7.82. The van der Waals surface area contributed by atoms with E-state index in [-0.39, 0.29) is 5.91 Å². The van der Waals surface area contributed by atoms with Gasteiger partial charge < -0.3 is 15.5 Å². The molecule has 1 atom stereocenters. The van der Waals surface area contributed by atoms with Gasteiger partial charge in [0, 0.05) is 34.9 Å². The fourth-order valence-corrected chi connectivity index (χ4v) is 2.70. The Balaban J connectivity index is 1.96. The Morgan fingerprint density at radius 3 is 2.79 bits per heavy atom. The van der Waals surface area contributed by atoms with Crippen LogP contribution in [0.25, 0.3) is 21.7 Å². The van der Waals surface area contributed by atoms with Gasteiger partial charge in [-0.1, -0.05) is 13.8 Å². The quantitative estimate of drug-likeness (QED) is 0.567. The molecule has 1 amide bonds. The lowest BCUT2D eigenvalue weighted by Gasteiger charge is -2.14. The maximum Gasteiger partial charge on any atom is 0.345 e. The summed E-state index contributed by atoms with van der Waals surface area (Å²) in [5, 5.41) is 4.76. The number of nitrogens with one attached hydrogen (secondary N) is 1. The predicted molar refractivity (Wildman–Crippen MR) is 93.8 cm³/mol. The first-order chi connectivity index (χ1) is 11.5. The Kier molecular flexibility index (Phi) is 4.31. The molecule has 3 rings (SSSR count). The van der Waals surface area contributed by atoms with Gasteiger partial charge in [0.15, 0.2) is 0 Å². The zero-order chi connectivity index (χ0) is 17.3. The molecular weight excluding hydrogens is 306 g/mol. The van der Waals surface area contributed by atoms with Gasteiger partial charge in [0.05, 0.1) is 11.4 Å². The molecule has 0 unspecified atom stereocenters. The van der Waals surface area contributed by atoms with Crippen LogP contribution < -0.4 is 16.7 Å². The summed E-state index contributed by atoms with van der Waals surface area (Å²) in [5.41, 5.74) is 6.39. The molecular formula is C18H19N3O3. The molecule has 1 aromatic carbocycles. The molecule has 0 saturated heterocycles. The van der Waals surface area contributed by atoms with Crippen LogP contribution in [-0.4, -0.2) is 16.9 Å². The smallest absolute Gasteiger partial charge is 0.345 e. The average Bonchev–Trinajstić information content (AvgIpc) is 2.54. The SMILES string of the molecule is CC(C)C[C@H](N)C(=O)Nc1ccc2c(c1)oc(=O)c1cnccc12. The summed E-state index contributed by atoms with van der Waals surface area (Å²) in [4.78, 5) is 28.1. The fourth-order valence-electron chi connectivity index (χ4n) is 2.70. The number of amides is 1. The third-order valence-corrected chi connectivity index (χ3v) is 3.85. The number of fused-ring (bicyclic) bond motifs is 3. The molecule has 0 aliphatic carbocycles. The normalized spacial score (nSPS) is 12.7. The number of hydrogen-bond acceptors (Lipinski definition) is 5. The van der Waals surface area contributed by atoms with Gasteiger partial charge in [-0.15, -0.1) is 0 Å². The van der Waals surface area contributed by atoms with Gasteiger partial charge >= 0.3 is 5.63 Å². The van der Waals surface area contributed by atoms with Crippen LogP contribution in [0.5, 0.6) is 0 Å². The van der Waals surface area contributed by atoms with Crippen LogP contribution in [-0.2, 0) is 4.79 Å². The topological polar surface area (TPSA) is 98.2 Å². The molecule has 2 heterocycles. The van der Waals surface area contributed by atoms with Crippen molar-refractivity contribution in [3.05, 3.63) is 47.1 Å². The number of carbonyl (C=O) groups is 1. The van der Waals surface area contributed by atoms with Crippen molar-refractivity contribution < 1.29 is 9.21 Å². The molecule has 0 bridgehead atoms. The molecule has 0 saturated carbocycles. The van der Waals surface area contributed by atoms with E-state index in [1.165, 1.54) is 6.20 Å². The second-order valence-corrected chi connectivity index (χ2v) is 6.25. The van der Waals surface area contributed by atoms with Crippen molar-refractivity contribution in [1.82, 2.24) is 4.98 Å². The van der Waals surface area contributed by atoms with E-state index in [9.17, 15) is 9.59 Å². The number of rotatable bonds is 4. The Morgan fingerprint density at radius 2 is 2.04 bits per heavy atom. The van der Waals surface area contributed by atoms with Gasteiger partial charge in [-0.2, -0.15) is 0 Å². The summed E-state index contributed by atoms with van der Waals surface area (Å²) < 4.78 is 5.34. The van der Waals surface area contributed by atoms with E-state index in [2.05, 4.69) is 10.3 Å². The minimum Gasteiger partial charge on any atom is -0.422 e. The molecule has 3 N–H and O–H groups in total. The van der Waals surface area contributed by atoms with Gasteiger partial charge in [-0.3, -0.25) is 9.78 Å². The fraction of sp³-hybridized carbons (Fsp3) is 0.278. The van der Waals surface area contributed by atoms with Gasteiger partial charge in [0.2, 0.25) is 5.91 Å². The van der Waals surface area contributed by atoms with Gasteiger partial charge in [0.25, 0.3) is 0 Å². The molecule has 2 aromatic heterocycles. The zero-order valence-corrected chi connectivity index (χ0v) is 13.6. The number of benzene rings is 1. The molecule has 0 aliphatic rings. The number of nitrogens with two attached hydrogens (primary N) is 1. The standard InChI is InChI=1S/C18H19N3O3/c1-10(2)7-15(19)17(22)21-11-3-4-13-12-5-6-20-9-14(12)18(23)24-16(13)8-11/h3-6,8-10,15H,7,19H2,1-2H3,(H,21,22)/t15-/m0/s1. The van der Waals surface area contributed by atoms with Crippen LogP contribution in [0, 0.1) is 5.92 Å². The van der Waals surface area contributed by atoms with E-state index in [0.717, 1.165) is 10.8 Å². The lowest BCUT2D eigenvalue weighted by atomic mass is 10.0. The van der Waals surface area contributed by atoms with Crippen molar-refractivity contribution in [1.29, 1.82) is 0 Å². The molecule has 24 heavy (non-hydrogen) atoms. The van der Waals surface area contributed by atoms with Crippen molar-refractivity contribution in [2.75, 3.05) is 5.32 Å². The highest BCUT2D eigenvalue weighted by Crippen LogP contribution is 2.25. The lowest BCUT2D eigenvalue weighted by Crippen LogP contribution is -2.36. The molecule has 0 aliphatic heterocycles. The first-order valence-electron chi connectivity index (χ1n) is 7.82. The molecule has 6 heteroatoms. The highest BCUT2D eigenvalue weighted by atomic mass is 16.4. The third-order valence-electron chi connectivity index (χ3n) is 3.85. The van der Waals surface area contributed by atoms with E-state index >= 15 is 0 Å². The van der Waals surface area contributed by atoms with E-state index in [4.69, 9.17) is 10.2 Å². The Morgan fingerprint density at radius 1 is 1.25 bits per heavy atom. The van der Waals surface area contributed by atoms with Gasteiger partial charge in [-0.05, 0) is 30.5 Å². The highest BCUT2D eigenvalue weighted by molar-refractivity contribution is 6.05. The predicted octanol–water partition coefficient (Wildman–Crippen LogP) is 2.65. The lowest BCUT2D eigenvalue weighted by molar-refractivity contribution is -0.117. The van der Waals surface area contributed by atoms with Crippen LogP contribution in [0.1, 0.15) is 20.3 Å². The molecule has 0 spiro atoms. The molecule has 3 aromatic rings. The van der Waals surface area contributed by atoms with Gasteiger partial charge in [-0.25, -0.2) is 4.79 Å². The maximum absolute atomic E-state index is 12.1. The van der Waals surface area contributed by atoms with Crippen LogP contribution in [0.2, 0.25) is 0 Å². The summed E-state index contributed by atoms with van der Waals surface area (Å²) in [5.74, 6) is 0.0794. The van der Waals surface area contributed by atoms with Crippen LogP contribution in [0.4, 0.5) is 5.69 Å². The van der Waals surface area contributed by atoms with Crippen LogP contribution in [0.15, 0.2) is 45.9 Å². The number of anilines is 1. The summed E-state index contributed by atoms with van der Waals surface area (Å²) in [6, 6.07) is 6.41. The number of pyridine rings is 1. The Bertz CT molecular complexity index is 963. The number of carbonyl (C=O) groups excluding carboxylic acids is 1. The second-order valence-electron chi connectivity index (χ2n) is 6.25. The number of hydrogen-bond donors (Lipinski definition) is 2. The van der Waals surface area contributed by atoms with E-state index in [1.54, 1.807) is 24.4 Å². The first kappa shape index (κ1) is 16.1. The minimum atomic E-state index is -0.574. The maximum atomic E-state index is 12.1. The van der Waals surface area contributed by atoms with Crippen molar-refractivity contribution >= 4 is 33.3 Å². The van der Waals surface area contributed by atoms with Crippen molar-refractivity contribution in [2.45, 2.75) is 26.3 Å². The van der Waals surface area contributed by atoms with Crippen LogP contribution >= 0.6 is 0 Å². The number of nitrogens with zero attached hydrogens (tertiary/aromatic N) is 1. The zero-order valence-electron chi connectivity index (χ0n) is 13.6. The minimum absolute atomic E-state index is 0.254. The highest BCUT2D eigenvalue weighted by Gasteiger charge is 2.16. The Labute approximate surface area is 138 Å². The molecule has 124 valence electrons. The van der Waals surface area contributed by atoms with Crippen molar-refractivity contribution in [2.24, 2.45) is 11.7 Å². The van der Waals surface area contributed by atoms with E-state index in [0.29, 0.717) is 29.0 Å². The third kappa shape index (κ3) is 3.14. The Hall–Kier alpha value is -2.73. The van der Waals surface area contributed by atoms with E-state index < -0.39 is 11.7 Å². The summed E-state index contributed by atoms with van der Waals surface area (Å²) in [7, 11) is 0. The van der Waals surface area contributed by atoms with Crippen molar-refractivity contribution in [3.8, 4) is 0 Å². The molecule has 6 nitrogen and oxygen atoms in total.